The maximum atomic E-state index is 11.3. The fourth-order valence-corrected chi connectivity index (χ4v) is 6.70. The number of fused-ring (bicyclic) bond motifs is 5. The number of aromatic hydroxyl groups is 1. The Bertz CT molecular complexity index is 836. The molecule has 0 amide bonds. The predicted octanol–water partition coefficient (Wildman–Crippen LogP) is 4.47. The second-order valence-corrected chi connectivity index (χ2v) is 9.31. The highest BCUT2D eigenvalue weighted by Gasteiger charge is 2.57. The smallest absolute Gasteiger partial charge is 0.115 e. The zero-order valence-corrected chi connectivity index (χ0v) is 16.0. The van der Waals surface area contributed by atoms with Crippen LogP contribution in [0.4, 0.5) is 0 Å². The van der Waals surface area contributed by atoms with Crippen molar-refractivity contribution in [2.24, 2.45) is 23.2 Å². The predicted molar refractivity (Wildman–Crippen MR) is 106 cm³/mol. The van der Waals surface area contributed by atoms with Crippen LogP contribution in [-0.2, 0) is 12.8 Å². The van der Waals surface area contributed by atoms with Gasteiger partial charge >= 0.3 is 0 Å². The molecule has 3 aliphatic carbocycles. The van der Waals surface area contributed by atoms with Crippen molar-refractivity contribution in [3.05, 3.63) is 59.4 Å². The molecule has 142 valence electrons. The number of phenols is 1. The lowest BCUT2D eigenvalue weighted by atomic mass is 9.55. The molecule has 6 atom stereocenters. The molecular formula is C24H29NO2. The maximum Gasteiger partial charge on any atom is 0.115 e. The second-order valence-electron chi connectivity index (χ2n) is 9.31. The zero-order valence-electron chi connectivity index (χ0n) is 16.0. The van der Waals surface area contributed by atoms with E-state index in [2.05, 4.69) is 24.0 Å². The summed E-state index contributed by atoms with van der Waals surface area (Å²) in [6.45, 7) is 2.34. The highest BCUT2D eigenvalue weighted by Crippen LogP contribution is 2.62. The fraction of sp³-hybridized carbons (Fsp3) is 0.542. The largest absolute Gasteiger partial charge is 0.508 e. The number of aromatic nitrogens is 1. The Morgan fingerprint density at radius 3 is 2.89 bits per heavy atom. The van der Waals surface area contributed by atoms with E-state index in [1.807, 2.05) is 30.5 Å². The molecule has 2 aromatic rings. The summed E-state index contributed by atoms with van der Waals surface area (Å²) in [5, 5.41) is 21.1. The van der Waals surface area contributed by atoms with E-state index in [0.29, 0.717) is 29.4 Å². The van der Waals surface area contributed by atoms with E-state index >= 15 is 0 Å². The number of aliphatic hydroxyl groups excluding tert-OH is 1. The Kier molecular flexibility index (Phi) is 4.05. The zero-order chi connectivity index (χ0) is 18.6. The van der Waals surface area contributed by atoms with Gasteiger partial charge in [0.15, 0.2) is 0 Å². The minimum atomic E-state index is -0.230. The van der Waals surface area contributed by atoms with Crippen LogP contribution in [0.5, 0.6) is 5.75 Å². The Balaban J connectivity index is 1.42. The van der Waals surface area contributed by atoms with Gasteiger partial charge in [-0.1, -0.05) is 19.1 Å². The molecule has 3 unspecified atom stereocenters. The number of pyridine rings is 1. The number of phenolic OH excluding ortho intramolecular Hbond substituents is 1. The molecule has 2 fully saturated rings. The lowest BCUT2D eigenvalue weighted by molar-refractivity contribution is -0.0326. The van der Waals surface area contributed by atoms with Crippen LogP contribution in [-0.4, -0.2) is 21.3 Å². The number of nitrogens with zero attached hydrogens (tertiary/aromatic N) is 1. The van der Waals surface area contributed by atoms with Gasteiger partial charge in [-0.15, -0.1) is 0 Å². The number of hydrogen-bond donors (Lipinski definition) is 2. The summed E-state index contributed by atoms with van der Waals surface area (Å²) in [7, 11) is 0. The molecule has 1 aromatic heterocycles. The van der Waals surface area contributed by atoms with Crippen molar-refractivity contribution >= 4 is 0 Å². The second kappa shape index (κ2) is 6.34. The summed E-state index contributed by atoms with van der Waals surface area (Å²) in [5.41, 5.74) is 3.93. The quantitative estimate of drug-likeness (QED) is 0.827. The van der Waals surface area contributed by atoms with E-state index in [9.17, 15) is 10.2 Å². The standard InChI is InChI=1S/C24H29NO2/c1-24-10-9-20-19-8-6-18(26)13-15(19)5-7-21(20)22(24)14-16(23(24)27)12-17-4-2-3-11-25-17/h2-4,6,8,11,13,16,20-23,26-27H,5,7,9-10,12,14H2,1H3/t16-,20?,21?,22?,23-,24-/m0/s1. The van der Waals surface area contributed by atoms with Crippen LogP contribution < -0.4 is 0 Å². The Morgan fingerprint density at radius 1 is 1.19 bits per heavy atom. The first kappa shape index (κ1) is 17.2. The molecule has 1 heterocycles. The van der Waals surface area contributed by atoms with E-state index in [4.69, 9.17) is 0 Å². The van der Waals surface area contributed by atoms with Gasteiger partial charge in [0.05, 0.1) is 6.10 Å². The summed E-state index contributed by atoms with van der Waals surface area (Å²) in [4.78, 5) is 4.50. The first-order valence-electron chi connectivity index (χ1n) is 10.5. The molecule has 5 rings (SSSR count). The average Bonchev–Trinajstić information content (AvgIpc) is 2.93. The third-order valence-corrected chi connectivity index (χ3v) is 8.02. The van der Waals surface area contributed by atoms with E-state index in [0.717, 1.165) is 37.8 Å². The van der Waals surface area contributed by atoms with E-state index < -0.39 is 0 Å². The Labute approximate surface area is 161 Å². The molecule has 0 bridgehead atoms. The van der Waals surface area contributed by atoms with Crippen LogP contribution in [0.2, 0.25) is 0 Å². The van der Waals surface area contributed by atoms with Gasteiger partial charge in [-0.3, -0.25) is 4.98 Å². The minimum Gasteiger partial charge on any atom is -0.508 e. The Hall–Kier alpha value is -1.87. The SMILES string of the molecule is C[C@]12CCC3c4ccc(O)cc4CCC3C1C[C@H](Cc1ccccn1)[C@@H]2O. The van der Waals surface area contributed by atoms with E-state index in [-0.39, 0.29) is 11.5 Å². The van der Waals surface area contributed by atoms with Crippen molar-refractivity contribution in [1.29, 1.82) is 0 Å². The number of benzene rings is 1. The molecule has 0 aliphatic heterocycles. The maximum absolute atomic E-state index is 11.3. The van der Waals surface area contributed by atoms with Gasteiger partial charge in [0.25, 0.3) is 0 Å². The van der Waals surface area contributed by atoms with Crippen molar-refractivity contribution in [1.82, 2.24) is 4.98 Å². The van der Waals surface area contributed by atoms with Gasteiger partial charge in [0.2, 0.25) is 0 Å². The van der Waals surface area contributed by atoms with Crippen LogP contribution in [0, 0.1) is 23.2 Å². The number of aliphatic hydroxyl groups is 1. The molecule has 2 N–H and O–H groups in total. The first-order valence-corrected chi connectivity index (χ1v) is 10.5. The molecule has 27 heavy (non-hydrogen) atoms. The van der Waals surface area contributed by atoms with Crippen LogP contribution in [0.25, 0.3) is 0 Å². The lowest BCUT2D eigenvalue weighted by Gasteiger charge is -2.50. The molecule has 2 saturated carbocycles. The van der Waals surface area contributed by atoms with Gasteiger partial charge in [-0.05, 0) is 103 Å². The first-order chi connectivity index (χ1) is 13.1. The molecule has 3 aliphatic rings. The fourth-order valence-electron chi connectivity index (χ4n) is 6.70. The molecular weight excluding hydrogens is 334 g/mol. The third-order valence-electron chi connectivity index (χ3n) is 8.02. The van der Waals surface area contributed by atoms with Gasteiger partial charge in [0, 0.05) is 11.9 Å². The van der Waals surface area contributed by atoms with Crippen LogP contribution in [0.1, 0.15) is 55.3 Å². The van der Waals surface area contributed by atoms with Crippen molar-refractivity contribution in [3.63, 3.8) is 0 Å². The van der Waals surface area contributed by atoms with Crippen molar-refractivity contribution in [2.45, 2.75) is 57.5 Å². The van der Waals surface area contributed by atoms with Gasteiger partial charge in [-0.25, -0.2) is 0 Å². The van der Waals surface area contributed by atoms with Crippen LogP contribution in [0.3, 0.4) is 0 Å². The highest BCUT2D eigenvalue weighted by molar-refractivity contribution is 5.40. The summed E-state index contributed by atoms with van der Waals surface area (Å²) in [6, 6.07) is 12.1. The van der Waals surface area contributed by atoms with Crippen molar-refractivity contribution < 1.29 is 10.2 Å². The normalized spacial score (nSPS) is 37.3. The number of hydrogen-bond acceptors (Lipinski definition) is 3. The molecule has 0 saturated heterocycles. The number of aryl methyl sites for hydroxylation is 1. The monoisotopic (exact) mass is 363 g/mol. The topological polar surface area (TPSA) is 53.4 Å². The van der Waals surface area contributed by atoms with Crippen LogP contribution in [0.15, 0.2) is 42.6 Å². The molecule has 3 nitrogen and oxygen atoms in total. The highest BCUT2D eigenvalue weighted by atomic mass is 16.3. The summed E-state index contributed by atoms with van der Waals surface area (Å²) in [5.74, 6) is 2.54. The van der Waals surface area contributed by atoms with Crippen molar-refractivity contribution in [3.8, 4) is 5.75 Å². The van der Waals surface area contributed by atoms with E-state index in [1.165, 1.54) is 17.5 Å². The van der Waals surface area contributed by atoms with Crippen molar-refractivity contribution in [2.75, 3.05) is 0 Å². The molecule has 0 spiro atoms. The van der Waals surface area contributed by atoms with Gasteiger partial charge in [0.1, 0.15) is 5.75 Å². The minimum absolute atomic E-state index is 0.0367. The summed E-state index contributed by atoms with van der Waals surface area (Å²) < 4.78 is 0. The van der Waals surface area contributed by atoms with E-state index in [1.54, 1.807) is 0 Å². The summed E-state index contributed by atoms with van der Waals surface area (Å²) >= 11 is 0. The third kappa shape index (κ3) is 2.70. The lowest BCUT2D eigenvalue weighted by Crippen LogP contribution is -2.44. The molecule has 0 radical (unpaired) electrons. The molecule has 1 aromatic carbocycles. The average molecular weight is 364 g/mol. The number of rotatable bonds is 2. The molecule has 3 heteroatoms. The van der Waals surface area contributed by atoms with Gasteiger partial charge < -0.3 is 10.2 Å². The Morgan fingerprint density at radius 2 is 2.07 bits per heavy atom. The summed E-state index contributed by atoms with van der Waals surface area (Å²) in [6.07, 6.45) is 8.12. The van der Waals surface area contributed by atoms with Gasteiger partial charge in [-0.2, -0.15) is 0 Å². The van der Waals surface area contributed by atoms with Crippen LogP contribution >= 0.6 is 0 Å².